The van der Waals surface area contributed by atoms with E-state index in [1.54, 1.807) is 7.05 Å². The molecule has 0 saturated carbocycles. The Morgan fingerprint density at radius 1 is 1.33 bits per heavy atom. The van der Waals surface area contributed by atoms with Crippen molar-refractivity contribution in [2.24, 2.45) is 7.05 Å². The van der Waals surface area contributed by atoms with Crippen molar-refractivity contribution in [1.29, 1.82) is 0 Å². The Morgan fingerprint density at radius 3 is 2.67 bits per heavy atom. The number of nitrogens with two attached hydrogens (primary N) is 1. The standard InChI is InChI=1S/C13H19N5O2S/c1-9-4-5-11-10(2)18(7-6-17(9)11)21(19,20)12-8-16(3)15-13(12)14/h4-5,8,10H,6-7H2,1-3H3,(H2,14,15). The monoisotopic (exact) mass is 309 g/mol. The van der Waals surface area contributed by atoms with E-state index in [9.17, 15) is 8.42 Å². The molecule has 7 nitrogen and oxygen atoms in total. The van der Waals surface area contributed by atoms with Crippen LogP contribution in [0.4, 0.5) is 5.82 Å². The molecule has 0 aromatic carbocycles. The third-order valence-electron chi connectivity index (χ3n) is 4.05. The summed E-state index contributed by atoms with van der Waals surface area (Å²) < 4.78 is 30.7. The first-order chi connectivity index (χ1) is 9.82. The minimum Gasteiger partial charge on any atom is -0.381 e. The summed E-state index contributed by atoms with van der Waals surface area (Å²) in [6.07, 6.45) is 1.45. The summed E-state index contributed by atoms with van der Waals surface area (Å²) >= 11 is 0. The SMILES string of the molecule is Cc1ccc2n1CCN(S(=O)(=O)c1cn(C)nc1N)C2C. The fraction of sp³-hybridized carbons (Fsp3) is 0.462. The Balaban J connectivity index is 2.03. The van der Waals surface area contributed by atoms with Crippen LogP contribution in [0.2, 0.25) is 0 Å². The van der Waals surface area contributed by atoms with Crippen molar-refractivity contribution in [2.45, 2.75) is 31.3 Å². The molecule has 0 saturated heterocycles. The second kappa shape index (κ2) is 4.60. The van der Waals surface area contributed by atoms with Gasteiger partial charge in [0.05, 0.1) is 6.04 Å². The summed E-state index contributed by atoms with van der Waals surface area (Å²) in [6.45, 7) is 5.01. The molecule has 8 heteroatoms. The highest BCUT2D eigenvalue weighted by Crippen LogP contribution is 2.33. The molecule has 2 aromatic heterocycles. The normalized spacial score (nSPS) is 19.7. The third kappa shape index (κ3) is 2.06. The van der Waals surface area contributed by atoms with E-state index in [0.29, 0.717) is 13.1 Å². The van der Waals surface area contributed by atoms with Crippen molar-refractivity contribution < 1.29 is 8.42 Å². The quantitative estimate of drug-likeness (QED) is 0.892. The van der Waals surface area contributed by atoms with Gasteiger partial charge in [-0.1, -0.05) is 0 Å². The van der Waals surface area contributed by atoms with Crippen molar-refractivity contribution in [3.8, 4) is 0 Å². The highest BCUT2D eigenvalue weighted by atomic mass is 32.2. The molecule has 0 radical (unpaired) electrons. The number of sulfonamides is 1. The smallest absolute Gasteiger partial charge is 0.249 e. The zero-order valence-corrected chi connectivity index (χ0v) is 13.1. The predicted octanol–water partition coefficient (Wildman–Crippen LogP) is 0.878. The van der Waals surface area contributed by atoms with Gasteiger partial charge in [0.1, 0.15) is 4.90 Å². The van der Waals surface area contributed by atoms with Crippen molar-refractivity contribution in [1.82, 2.24) is 18.7 Å². The molecule has 2 N–H and O–H groups in total. The van der Waals surface area contributed by atoms with Crippen LogP contribution in [0.15, 0.2) is 23.2 Å². The lowest BCUT2D eigenvalue weighted by molar-refractivity contribution is 0.280. The number of fused-ring (bicyclic) bond motifs is 1. The Hall–Kier alpha value is -1.80. The van der Waals surface area contributed by atoms with E-state index in [4.69, 9.17) is 5.73 Å². The Kier molecular flexibility index (Phi) is 3.10. The molecule has 2 aromatic rings. The number of aromatic nitrogens is 3. The molecule has 21 heavy (non-hydrogen) atoms. The molecule has 1 aliphatic heterocycles. The molecular weight excluding hydrogens is 290 g/mol. The van der Waals surface area contributed by atoms with Crippen LogP contribution in [0.3, 0.4) is 0 Å². The second-order valence-corrected chi connectivity index (χ2v) is 7.25. The Labute approximate surface area is 124 Å². The number of anilines is 1. The van der Waals surface area contributed by atoms with Gasteiger partial charge in [-0.3, -0.25) is 4.68 Å². The van der Waals surface area contributed by atoms with Crippen molar-refractivity contribution in [3.63, 3.8) is 0 Å². The van der Waals surface area contributed by atoms with Gasteiger partial charge >= 0.3 is 0 Å². The molecule has 3 rings (SSSR count). The first-order valence-electron chi connectivity index (χ1n) is 6.79. The molecule has 1 unspecified atom stereocenters. The maximum absolute atomic E-state index is 12.8. The molecule has 0 amide bonds. The van der Waals surface area contributed by atoms with Crippen LogP contribution >= 0.6 is 0 Å². The molecular formula is C13H19N5O2S. The van der Waals surface area contributed by atoms with Gasteiger partial charge in [-0.05, 0) is 26.0 Å². The van der Waals surface area contributed by atoms with Crippen LogP contribution in [-0.2, 0) is 23.6 Å². The highest BCUT2D eigenvalue weighted by Gasteiger charge is 2.36. The molecule has 0 fully saturated rings. The number of aryl methyl sites for hydroxylation is 2. The first-order valence-corrected chi connectivity index (χ1v) is 8.23. The van der Waals surface area contributed by atoms with Gasteiger partial charge in [0.15, 0.2) is 5.82 Å². The summed E-state index contributed by atoms with van der Waals surface area (Å²) in [5.41, 5.74) is 7.89. The Morgan fingerprint density at radius 2 is 2.05 bits per heavy atom. The number of rotatable bonds is 2. The van der Waals surface area contributed by atoms with Crippen molar-refractivity contribution in [3.05, 3.63) is 29.7 Å². The minimum atomic E-state index is -3.64. The lowest BCUT2D eigenvalue weighted by atomic mass is 10.2. The fourth-order valence-corrected chi connectivity index (χ4v) is 4.63. The fourth-order valence-electron chi connectivity index (χ4n) is 2.94. The average Bonchev–Trinajstić information content (AvgIpc) is 2.94. The van der Waals surface area contributed by atoms with Gasteiger partial charge in [-0.25, -0.2) is 8.42 Å². The van der Waals surface area contributed by atoms with Crippen LogP contribution < -0.4 is 5.73 Å². The van der Waals surface area contributed by atoms with Crippen LogP contribution in [0.5, 0.6) is 0 Å². The van der Waals surface area contributed by atoms with Crippen LogP contribution in [0.25, 0.3) is 0 Å². The van der Waals surface area contributed by atoms with E-state index in [2.05, 4.69) is 9.67 Å². The number of nitrogens with zero attached hydrogens (tertiary/aromatic N) is 4. The van der Waals surface area contributed by atoms with Crippen LogP contribution in [0, 0.1) is 6.92 Å². The first kappa shape index (κ1) is 14.2. The third-order valence-corrected chi connectivity index (χ3v) is 6.03. The van der Waals surface area contributed by atoms with Gasteiger partial charge in [0, 0.05) is 37.7 Å². The summed E-state index contributed by atoms with van der Waals surface area (Å²) in [6, 6.07) is 3.77. The number of hydrogen-bond donors (Lipinski definition) is 1. The van der Waals surface area contributed by atoms with E-state index in [1.807, 2.05) is 26.0 Å². The zero-order valence-electron chi connectivity index (χ0n) is 12.3. The summed E-state index contributed by atoms with van der Waals surface area (Å²) in [5.74, 6) is 0.0434. The van der Waals surface area contributed by atoms with Gasteiger partial charge in [-0.15, -0.1) is 0 Å². The van der Waals surface area contributed by atoms with Crippen molar-refractivity contribution >= 4 is 15.8 Å². The van der Waals surface area contributed by atoms with Gasteiger partial charge in [0.2, 0.25) is 10.0 Å². The number of nitrogen functional groups attached to an aromatic ring is 1. The highest BCUT2D eigenvalue weighted by molar-refractivity contribution is 7.89. The van der Waals surface area contributed by atoms with Crippen molar-refractivity contribution in [2.75, 3.05) is 12.3 Å². The van der Waals surface area contributed by atoms with E-state index in [0.717, 1.165) is 11.4 Å². The van der Waals surface area contributed by atoms with Gasteiger partial charge in [0.25, 0.3) is 0 Å². The predicted molar refractivity (Wildman–Crippen MR) is 79.1 cm³/mol. The van der Waals surface area contributed by atoms with E-state index in [1.165, 1.54) is 15.2 Å². The molecule has 0 bridgehead atoms. The lowest BCUT2D eigenvalue weighted by Gasteiger charge is -2.34. The summed E-state index contributed by atoms with van der Waals surface area (Å²) in [5, 5.41) is 3.93. The van der Waals surface area contributed by atoms with Crippen LogP contribution in [-0.4, -0.2) is 33.6 Å². The molecule has 0 spiro atoms. The zero-order chi connectivity index (χ0) is 15.4. The molecule has 1 atom stereocenters. The Bertz CT molecular complexity index is 790. The van der Waals surface area contributed by atoms with Crippen LogP contribution in [0.1, 0.15) is 24.4 Å². The van der Waals surface area contributed by atoms with Gasteiger partial charge < -0.3 is 10.3 Å². The summed E-state index contributed by atoms with van der Waals surface area (Å²) in [7, 11) is -1.99. The molecule has 0 aliphatic carbocycles. The maximum Gasteiger partial charge on any atom is 0.249 e. The van der Waals surface area contributed by atoms with Gasteiger partial charge in [-0.2, -0.15) is 9.40 Å². The average molecular weight is 309 g/mol. The number of hydrogen-bond acceptors (Lipinski definition) is 4. The summed E-state index contributed by atoms with van der Waals surface area (Å²) in [4.78, 5) is 0.0774. The molecule has 3 heterocycles. The molecule has 1 aliphatic rings. The second-order valence-electron chi connectivity index (χ2n) is 5.40. The topological polar surface area (TPSA) is 86.2 Å². The minimum absolute atomic E-state index is 0.0434. The van der Waals surface area contributed by atoms with E-state index < -0.39 is 10.0 Å². The van der Waals surface area contributed by atoms with E-state index >= 15 is 0 Å². The largest absolute Gasteiger partial charge is 0.381 e. The lowest BCUT2D eigenvalue weighted by Crippen LogP contribution is -2.41. The maximum atomic E-state index is 12.8. The molecule has 114 valence electrons. The van der Waals surface area contributed by atoms with E-state index in [-0.39, 0.29) is 16.8 Å².